The second-order valence-electron chi connectivity index (χ2n) is 2.80. The van der Waals surface area contributed by atoms with Crippen LogP contribution in [0.1, 0.15) is 5.76 Å². The van der Waals surface area contributed by atoms with E-state index in [1.54, 1.807) is 18.8 Å². The summed E-state index contributed by atoms with van der Waals surface area (Å²) < 4.78 is 10.3. The van der Waals surface area contributed by atoms with Crippen molar-refractivity contribution in [3.8, 4) is 11.1 Å². The maximum absolute atomic E-state index is 5.32. The smallest absolute Gasteiger partial charge is 0.125 e. The van der Waals surface area contributed by atoms with Crippen molar-refractivity contribution >= 4 is 0 Å². The Hall–Kier alpha value is -1.48. The van der Waals surface area contributed by atoms with Crippen molar-refractivity contribution in [3.63, 3.8) is 0 Å². The molecule has 2 rings (SSSR count). The Bertz CT molecular complexity index is 362. The van der Waals surface area contributed by atoms with E-state index in [1.807, 2.05) is 19.2 Å². The second kappa shape index (κ2) is 3.49. The zero-order valence-corrected chi connectivity index (χ0v) is 7.41. The Balaban J connectivity index is 2.35. The third-order valence-electron chi connectivity index (χ3n) is 1.91. The van der Waals surface area contributed by atoms with Crippen molar-refractivity contribution in [2.75, 3.05) is 7.05 Å². The van der Waals surface area contributed by atoms with Crippen LogP contribution >= 0.6 is 0 Å². The number of hydrogen-bond donors (Lipinski definition) is 1. The van der Waals surface area contributed by atoms with Crippen molar-refractivity contribution in [1.82, 2.24) is 5.32 Å². The zero-order chi connectivity index (χ0) is 9.10. The average Bonchev–Trinajstić information content (AvgIpc) is 2.71. The van der Waals surface area contributed by atoms with Crippen molar-refractivity contribution in [2.24, 2.45) is 0 Å². The van der Waals surface area contributed by atoms with Gasteiger partial charge in [0, 0.05) is 11.1 Å². The molecule has 0 amide bonds. The van der Waals surface area contributed by atoms with Crippen molar-refractivity contribution in [1.29, 1.82) is 0 Å². The van der Waals surface area contributed by atoms with Crippen LogP contribution in [0.4, 0.5) is 0 Å². The van der Waals surface area contributed by atoms with Gasteiger partial charge in [-0.1, -0.05) is 0 Å². The first-order valence-corrected chi connectivity index (χ1v) is 4.15. The quantitative estimate of drug-likeness (QED) is 0.781. The Morgan fingerprint density at radius 2 is 2.23 bits per heavy atom. The third-order valence-corrected chi connectivity index (χ3v) is 1.91. The number of furan rings is 2. The van der Waals surface area contributed by atoms with Crippen molar-refractivity contribution in [2.45, 2.75) is 6.54 Å². The lowest BCUT2D eigenvalue weighted by molar-refractivity contribution is 0.496. The molecule has 68 valence electrons. The van der Waals surface area contributed by atoms with Crippen LogP contribution in [0, 0.1) is 0 Å². The number of hydrogen-bond acceptors (Lipinski definition) is 3. The molecule has 0 bridgehead atoms. The average molecular weight is 177 g/mol. The van der Waals surface area contributed by atoms with E-state index in [-0.39, 0.29) is 0 Å². The summed E-state index contributed by atoms with van der Waals surface area (Å²) >= 11 is 0. The highest BCUT2D eigenvalue weighted by Crippen LogP contribution is 2.24. The Kier molecular flexibility index (Phi) is 2.19. The fraction of sp³-hybridized carbons (Fsp3) is 0.200. The Morgan fingerprint density at radius 3 is 2.92 bits per heavy atom. The summed E-state index contributed by atoms with van der Waals surface area (Å²) in [7, 11) is 1.89. The van der Waals surface area contributed by atoms with Gasteiger partial charge < -0.3 is 14.2 Å². The Labute approximate surface area is 76.4 Å². The molecule has 0 aromatic carbocycles. The molecule has 0 spiro atoms. The summed E-state index contributed by atoms with van der Waals surface area (Å²) in [5.41, 5.74) is 2.14. The Morgan fingerprint density at radius 1 is 1.31 bits per heavy atom. The van der Waals surface area contributed by atoms with Gasteiger partial charge in [-0.05, 0) is 19.2 Å². The van der Waals surface area contributed by atoms with Gasteiger partial charge in [0.15, 0.2) is 0 Å². The molecule has 2 heterocycles. The van der Waals surface area contributed by atoms with E-state index in [0.717, 1.165) is 23.4 Å². The molecular formula is C10H11NO2. The van der Waals surface area contributed by atoms with Crippen LogP contribution in [0.25, 0.3) is 11.1 Å². The second-order valence-corrected chi connectivity index (χ2v) is 2.80. The molecule has 3 nitrogen and oxygen atoms in total. The monoisotopic (exact) mass is 177 g/mol. The van der Waals surface area contributed by atoms with Gasteiger partial charge in [-0.25, -0.2) is 0 Å². The zero-order valence-electron chi connectivity index (χ0n) is 7.41. The summed E-state index contributed by atoms with van der Waals surface area (Å²) in [6.45, 7) is 0.730. The molecule has 2 aromatic heterocycles. The topological polar surface area (TPSA) is 38.3 Å². The molecule has 0 saturated heterocycles. The van der Waals surface area contributed by atoms with Gasteiger partial charge in [0.1, 0.15) is 5.76 Å². The van der Waals surface area contributed by atoms with Gasteiger partial charge in [0.05, 0.1) is 25.3 Å². The lowest BCUT2D eigenvalue weighted by atomic mass is 10.1. The van der Waals surface area contributed by atoms with Gasteiger partial charge in [-0.15, -0.1) is 0 Å². The fourth-order valence-electron chi connectivity index (χ4n) is 1.31. The van der Waals surface area contributed by atoms with E-state index in [1.165, 1.54) is 0 Å². The molecule has 0 saturated carbocycles. The highest BCUT2D eigenvalue weighted by Gasteiger charge is 2.07. The van der Waals surface area contributed by atoms with Gasteiger partial charge in [-0.2, -0.15) is 0 Å². The predicted octanol–water partition coefficient (Wildman–Crippen LogP) is 2.26. The van der Waals surface area contributed by atoms with Crippen LogP contribution in [-0.4, -0.2) is 7.05 Å². The molecule has 3 heteroatoms. The van der Waals surface area contributed by atoms with E-state index in [0.29, 0.717) is 0 Å². The van der Waals surface area contributed by atoms with Crippen LogP contribution in [0.3, 0.4) is 0 Å². The summed E-state index contributed by atoms with van der Waals surface area (Å²) in [6, 6.07) is 3.86. The SMILES string of the molecule is CNCc1occc1-c1ccoc1. The van der Waals surface area contributed by atoms with Crippen molar-refractivity contribution in [3.05, 3.63) is 36.7 Å². The van der Waals surface area contributed by atoms with E-state index < -0.39 is 0 Å². The lowest BCUT2D eigenvalue weighted by Crippen LogP contribution is -2.04. The summed E-state index contributed by atoms with van der Waals surface area (Å²) in [6.07, 6.45) is 5.06. The highest BCUT2D eigenvalue weighted by atomic mass is 16.3. The molecule has 0 radical (unpaired) electrons. The molecule has 0 fully saturated rings. The van der Waals surface area contributed by atoms with E-state index in [4.69, 9.17) is 8.83 Å². The van der Waals surface area contributed by atoms with Gasteiger partial charge in [0.25, 0.3) is 0 Å². The molecule has 1 N–H and O–H groups in total. The van der Waals surface area contributed by atoms with E-state index in [2.05, 4.69) is 5.32 Å². The molecule has 0 aliphatic rings. The van der Waals surface area contributed by atoms with Gasteiger partial charge >= 0.3 is 0 Å². The largest absolute Gasteiger partial charge is 0.472 e. The van der Waals surface area contributed by atoms with Crippen LogP contribution in [-0.2, 0) is 6.54 Å². The minimum atomic E-state index is 0.730. The molecule has 0 aliphatic carbocycles. The molecule has 13 heavy (non-hydrogen) atoms. The van der Waals surface area contributed by atoms with Gasteiger partial charge in [-0.3, -0.25) is 0 Å². The summed E-state index contributed by atoms with van der Waals surface area (Å²) in [4.78, 5) is 0. The first-order valence-electron chi connectivity index (χ1n) is 4.15. The first-order chi connectivity index (χ1) is 6.42. The van der Waals surface area contributed by atoms with Crippen LogP contribution in [0.15, 0.2) is 39.8 Å². The van der Waals surface area contributed by atoms with Crippen LogP contribution in [0.2, 0.25) is 0 Å². The fourth-order valence-corrected chi connectivity index (χ4v) is 1.31. The molecule has 0 unspecified atom stereocenters. The normalized spacial score (nSPS) is 10.5. The van der Waals surface area contributed by atoms with E-state index in [9.17, 15) is 0 Å². The van der Waals surface area contributed by atoms with Crippen molar-refractivity contribution < 1.29 is 8.83 Å². The molecule has 0 atom stereocenters. The lowest BCUT2D eigenvalue weighted by Gasteiger charge is -1.97. The first kappa shape index (κ1) is 8.13. The number of nitrogens with one attached hydrogen (secondary N) is 1. The van der Waals surface area contributed by atoms with Crippen LogP contribution in [0.5, 0.6) is 0 Å². The standard InChI is InChI=1S/C10H11NO2/c1-11-6-10-9(3-5-13-10)8-2-4-12-7-8/h2-5,7,11H,6H2,1H3. The minimum absolute atomic E-state index is 0.730. The molecule has 0 aliphatic heterocycles. The maximum atomic E-state index is 5.32. The number of rotatable bonds is 3. The van der Waals surface area contributed by atoms with Gasteiger partial charge in [0.2, 0.25) is 0 Å². The predicted molar refractivity (Wildman–Crippen MR) is 49.2 cm³/mol. The van der Waals surface area contributed by atoms with E-state index >= 15 is 0 Å². The summed E-state index contributed by atoms with van der Waals surface area (Å²) in [5.74, 6) is 0.934. The highest BCUT2D eigenvalue weighted by molar-refractivity contribution is 5.63. The molecule has 2 aromatic rings. The van der Waals surface area contributed by atoms with Crippen LogP contribution < -0.4 is 5.32 Å². The molecular weight excluding hydrogens is 166 g/mol. The maximum Gasteiger partial charge on any atom is 0.125 e. The third kappa shape index (κ3) is 1.51. The minimum Gasteiger partial charge on any atom is -0.472 e. The summed E-state index contributed by atoms with van der Waals surface area (Å²) in [5, 5.41) is 3.05.